The van der Waals surface area contributed by atoms with Crippen molar-refractivity contribution in [3.8, 4) is 11.3 Å². The summed E-state index contributed by atoms with van der Waals surface area (Å²) >= 11 is 0. The van der Waals surface area contributed by atoms with E-state index >= 15 is 0 Å². The first-order valence-corrected chi connectivity index (χ1v) is 5.05. The van der Waals surface area contributed by atoms with Crippen LogP contribution < -0.4 is 0 Å². The molecule has 4 nitrogen and oxygen atoms in total. The second-order valence-electron chi connectivity index (χ2n) is 3.73. The summed E-state index contributed by atoms with van der Waals surface area (Å²) in [5.41, 5.74) is 4.14. The lowest BCUT2D eigenvalue weighted by Crippen LogP contribution is -1.89. The normalized spacial score (nSPS) is 10.8. The van der Waals surface area contributed by atoms with Gasteiger partial charge < -0.3 is 0 Å². The van der Waals surface area contributed by atoms with Crippen molar-refractivity contribution in [2.75, 3.05) is 0 Å². The van der Waals surface area contributed by atoms with Crippen LogP contribution in [-0.4, -0.2) is 20.2 Å². The maximum absolute atomic E-state index is 4.29. The number of aromatic nitrogens is 4. The summed E-state index contributed by atoms with van der Waals surface area (Å²) in [5, 5.41) is 8.06. The number of aromatic amines is 1. The molecule has 0 atom stereocenters. The van der Waals surface area contributed by atoms with Crippen molar-refractivity contribution in [1.82, 2.24) is 20.2 Å². The average Bonchev–Trinajstić information content (AvgIpc) is 2.76. The Labute approximate surface area is 92.4 Å². The number of rotatable bonds is 1. The molecule has 1 N–H and O–H groups in total. The Morgan fingerprint density at radius 2 is 2.12 bits per heavy atom. The minimum Gasteiger partial charge on any atom is -0.278 e. The predicted octanol–water partition coefficient (Wildman–Crippen LogP) is 2.33. The SMILES string of the molecule is Cc1cncnc1-c1ccc2cn[nH]c2c1. The van der Waals surface area contributed by atoms with Crippen molar-refractivity contribution >= 4 is 10.9 Å². The topological polar surface area (TPSA) is 54.5 Å². The Kier molecular flexibility index (Phi) is 1.93. The van der Waals surface area contributed by atoms with E-state index in [0.717, 1.165) is 27.7 Å². The second kappa shape index (κ2) is 3.41. The third-order valence-electron chi connectivity index (χ3n) is 2.61. The van der Waals surface area contributed by atoms with Crippen molar-refractivity contribution in [2.45, 2.75) is 6.92 Å². The van der Waals surface area contributed by atoms with Gasteiger partial charge in [-0.3, -0.25) is 5.10 Å². The Hall–Kier alpha value is -2.23. The molecule has 78 valence electrons. The standard InChI is InChI=1S/C12H10N4/c1-8-5-13-7-14-12(8)9-2-3-10-6-15-16-11(10)4-9/h2-7H,1H3,(H,15,16). The maximum atomic E-state index is 4.29. The molecule has 0 fully saturated rings. The lowest BCUT2D eigenvalue weighted by atomic mass is 10.1. The lowest BCUT2D eigenvalue weighted by molar-refractivity contribution is 1.12. The fraction of sp³-hybridized carbons (Fsp3) is 0.0833. The molecule has 2 aromatic heterocycles. The minimum absolute atomic E-state index is 0.964. The third-order valence-corrected chi connectivity index (χ3v) is 2.61. The zero-order chi connectivity index (χ0) is 11.0. The van der Waals surface area contributed by atoms with Crippen molar-refractivity contribution < 1.29 is 0 Å². The zero-order valence-electron chi connectivity index (χ0n) is 8.81. The van der Waals surface area contributed by atoms with E-state index in [1.807, 2.05) is 31.5 Å². The van der Waals surface area contributed by atoms with Crippen LogP contribution in [0.4, 0.5) is 0 Å². The van der Waals surface area contributed by atoms with E-state index in [4.69, 9.17) is 0 Å². The summed E-state index contributed by atoms with van der Waals surface area (Å²) in [6.45, 7) is 2.01. The highest BCUT2D eigenvalue weighted by Crippen LogP contribution is 2.23. The summed E-state index contributed by atoms with van der Waals surface area (Å²) in [6.07, 6.45) is 5.20. The summed E-state index contributed by atoms with van der Waals surface area (Å²) in [6, 6.07) is 6.14. The fourth-order valence-corrected chi connectivity index (χ4v) is 1.79. The number of nitrogens with zero attached hydrogens (tertiary/aromatic N) is 3. The van der Waals surface area contributed by atoms with Gasteiger partial charge in [-0.05, 0) is 18.6 Å². The first kappa shape index (κ1) is 9.03. The molecule has 0 saturated heterocycles. The second-order valence-corrected chi connectivity index (χ2v) is 3.73. The summed E-state index contributed by atoms with van der Waals surface area (Å²) in [4.78, 5) is 8.29. The first-order chi connectivity index (χ1) is 7.84. The van der Waals surface area contributed by atoms with Crippen LogP contribution in [0, 0.1) is 6.92 Å². The molecular weight excluding hydrogens is 200 g/mol. The molecule has 16 heavy (non-hydrogen) atoms. The van der Waals surface area contributed by atoms with Gasteiger partial charge in [0.2, 0.25) is 0 Å². The van der Waals surface area contributed by atoms with E-state index < -0.39 is 0 Å². The third kappa shape index (κ3) is 1.35. The predicted molar refractivity (Wildman–Crippen MR) is 61.9 cm³/mol. The molecule has 4 heteroatoms. The van der Waals surface area contributed by atoms with Gasteiger partial charge >= 0.3 is 0 Å². The number of hydrogen-bond acceptors (Lipinski definition) is 3. The van der Waals surface area contributed by atoms with Gasteiger partial charge in [0.15, 0.2) is 0 Å². The van der Waals surface area contributed by atoms with Gasteiger partial charge in [0.1, 0.15) is 6.33 Å². The van der Waals surface area contributed by atoms with E-state index in [-0.39, 0.29) is 0 Å². The molecule has 0 aliphatic carbocycles. The molecular formula is C12H10N4. The highest BCUT2D eigenvalue weighted by atomic mass is 15.1. The van der Waals surface area contributed by atoms with E-state index in [9.17, 15) is 0 Å². The van der Waals surface area contributed by atoms with Crippen LogP contribution in [0.25, 0.3) is 22.2 Å². The molecule has 1 aromatic carbocycles. The van der Waals surface area contributed by atoms with E-state index in [1.54, 1.807) is 6.33 Å². The smallest absolute Gasteiger partial charge is 0.116 e. The van der Waals surface area contributed by atoms with Crippen LogP contribution >= 0.6 is 0 Å². The minimum atomic E-state index is 0.964. The maximum Gasteiger partial charge on any atom is 0.116 e. The molecule has 0 bridgehead atoms. The van der Waals surface area contributed by atoms with Crippen LogP contribution in [-0.2, 0) is 0 Å². The van der Waals surface area contributed by atoms with Gasteiger partial charge in [0.25, 0.3) is 0 Å². The van der Waals surface area contributed by atoms with Crippen molar-refractivity contribution in [3.05, 3.63) is 42.5 Å². The molecule has 0 amide bonds. The number of hydrogen-bond donors (Lipinski definition) is 1. The quantitative estimate of drug-likeness (QED) is 0.670. The first-order valence-electron chi connectivity index (χ1n) is 5.05. The van der Waals surface area contributed by atoms with Gasteiger partial charge in [0.05, 0.1) is 17.4 Å². The lowest BCUT2D eigenvalue weighted by Gasteiger charge is -2.03. The largest absolute Gasteiger partial charge is 0.278 e. The molecule has 0 aliphatic rings. The van der Waals surface area contributed by atoms with E-state index in [1.165, 1.54) is 0 Å². The molecule has 0 spiro atoms. The van der Waals surface area contributed by atoms with Crippen LogP contribution in [0.1, 0.15) is 5.56 Å². The van der Waals surface area contributed by atoms with E-state index in [0.29, 0.717) is 0 Å². The number of aryl methyl sites for hydroxylation is 1. The number of nitrogens with one attached hydrogen (secondary N) is 1. The van der Waals surface area contributed by atoms with Crippen molar-refractivity contribution in [3.63, 3.8) is 0 Å². The Bertz CT molecular complexity index is 642. The Balaban J connectivity index is 2.22. The monoisotopic (exact) mass is 210 g/mol. The highest BCUT2D eigenvalue weighted by Gasteiger charge is 2.04. The summed E-state index contributed by atoms with van der Waals surface area (Å²) in [5.74, 6) is 0. The van der Waals surface area contributed by atoms with Gasteiger partial charge in [-0.2, -0.15) is 5.10 Å². The van der Waals surface area contributed by atoms with Gasteiger partial charge in [0, 0.05) is 17.1 Å². The molecule has 0 aliphatic heterocycles. The van der Waals surface area contributed by atoms with Crippen LogP contribution in [0.15, 0.2) is 36.9 Å². The van der Waals surface area contributed by atoms with Gasteiger partial charge in [-0.15, -0.1) is 0 Å². The molecule has 0 unspecified atom stereocenters. The zero-order valence-corrected chi connectivity index (χ0v) is 8.81. The highest BCUT2D eigenvalue weighted by molar-refractivity contribution is 5.83. The van der Waals surface area contributed by atoms with Crippen LogP contribution in [0.2, 0.25) is 0 Å². The fourth-order valence-electron chi connectivity index (χ4n) is 1.79. The summed E-state index contributed by atoms with van der Waals surface area (Å²) < 4.78 is 0. The summed E-state index contributed by atoms with van der Waals surface area (Å²) in [7, 11) is 0. The Morgan fingerprint density at radius 3 is 3.00 bits per heavy atom. The van der Waals surface area contributed by atoms with Gasteiger partial charge in [-0.25, -0.2) is 9.97 Å². The van der Waals surface area contributed by atoms with Crippen LogP contribution in [0.3, 0.4) is 0 Å². The average molecular weight is 210 g/mol. The molecule has 3 rings (SSSR count). The molecule has 3 aromatic rings. The number of fused-ring (bicyclic) bond motifs is 1. The molecule has 0 radical (unpaired) electrons. The van der Waals surface area contributed by atoms with E-state index in [2.05, 4.69) is 26.2 Å². The number of benzene rings is 1. The molecule has 2 heterocycles. The Morgan fingerprint density at radius 1 is 1.19 bits per heavy atom. The van der Waals surface area contributed by atoms with Gasteiger partial charge in [-0.1, -0.05) is 12.1 Å². The number of H-pyrrole nitrogens is 1. The van der Waals surface area contributed by atoms with Crippen LogP contribution in [0.5, 0.6) is 0 Å². The molecule has 0 saturated carbocycles. The van der Waals surface area contributed by atoms with Crippen molar-refractivity contribution in [1.29, 1.82) is 0 Å². The van der Waals surface area contributed by atoms with Crippen molar-refractivity contribution in [2.24, 2.45) is 0 Å².